The van der Waals surface area contributed by atoms with Gasteiger partial charge in [0.2, 0.25) is 0 Å². The van der Waals surface area contributed by atoms with E-state index in [1.807, 2.05) is 12.1 Å². The van der Waals surface area contributed by atoms with Gasteiger partial charge in [-0.3, -0.25) is 24.3 Å². The summed E-state index contributed by atoms with van der Waals surface area (Å²) in [5.41, 5.74) is 1.58. The van der Waals surface area contributed by atoms with Crippen molar-refractivity contribution in [3.05, 3.63) is 100 Å². The molecule has 0 unspecified atom stereocenters. The number of halogens is 1. The SMILES string of the molecule is O=C(NCCN1C(=O)S/C(=C\c2ccccc2F)C1=O)c1ccc(OCc2cccnc2)cc1. The fourth-order valence-corrected chi connectivity index (χ4v) is 4.02. The molecule has 1 aliphatic rings. The van der Waals surface area contributed by atoms with Crippen molar-refractivity contribution in [3.8, 4) is 5.75 Å². The van der Waals surface area contributed by atoms with Crippen molar-refractivity contribution in [3.63, 3.8) is 0 Å². The predicted molar refractivity (Wildman–Crippen MR) is 126 cm³/mol. The lowest BCUT2D eigenvalue weighted by Gasteiger charge is -2.13. The van der Waals surface area contributed by atoms with Crippen LogP contribution in [-0.4, -0.2) is 40.0 Å². The number of nitrogens with zero attached hydrogens (tertiary/aromatic N) is 2. The Labute approximate surface area is 199 Å². The number of pyridine rings is 1. The van der Waals surface area contributed by atoms with Crippen LogP contribution in [0.3, 0.4) is 0 Å². The molecule has 2 aromatic carbocycles. The number of hydrogen-bond acceptors (Lipinski definition) is 6. The average molecular weight is 478 g/mol. The Morgan fingerprint density at radius 3 is 2.62 bits per heavy atom. The fraction of sp³-hybridized carbons (Fsp3) is 0.120. The number of hydrogen-bond donors (Lipinski definition) is 1. The summed E-state index contributed by atoms with van der Waals surface area (Å²) in [6.07, 6.45) is 4.76. The second-order valence-corrected chi connectivity index (χ2v) is 8.28. The zero-order valence-corrected chi connectivity index (χ0v) is 18.8. The summed E-state index contributed by atoms with van der Waals surface area (Å²) in [5, 5.41) is 2.23. The molecule has 3 aromatic rings. The summed E-state index contributed by atoms with van der Waals surface area (Å²) in [6, 6.07) is 16.4. The summed E-state index contributed by atoms with van der Waals surface area (Å²) in [7, 11) is 0. The predicted octanol–water partition coefficient (Wildman–Crippen LogP) is 4.27. The second kappa shape index (κ2) is 10.8. The first-order valence-corrected chi connectivity index (χ1v) is 11.2. The minimum atomic E-state index is -0.511. The van der Waals surface area contributed by atoms with Crippen molar-refractivity contribution in [2.24, 2.45) is 0 Å². The summed E-state index contributed by atoms with van der Waals surface area (Å²) in [4.78, 5) is 42.4. The molecule has 7 nitrogen and oxygen atoms in total. The number of rotatable bonds is 8. The highest BCUT2D eigenvalue weighted by atomic mass is 32.2. The van der Waals surface area contributed by atoms with Gasteiger partial charge in [-0.05, 0) is 54.2 Å². The van der Waals surface area contributed by atoms with E-state index in [0.29, 0.717) is 17.9 Å². The van der Waals surface area contributed by atoms with Gasteiger partial charge in [-0.15, -0.1) is 0 Å². The van der Waals surface area contributed by atoms with Gasteiger partial charge in [0.1, 0.15) is 18.2 Å². The molecule has 0 aliphatic carbocycles. The van der Waals surface area contributed by atoms with E-state index in [0.717, 1.165) is 22.2 Å². The number of carbonyl (C=O) groups excluding carboxylic acids is 3. The third-order valence-corrected chi connectivity index (χ3v) is 5.84. The van der Waals surface area contributed by atoms with E-state index in [1.165, 1.54) is 18.2 Å². The van der Waals surface area contributed by atoms with Crippen LogP contribution in [0.25, 0.3) is 6.08 Å². The van der Waals surface area contributed by atoms with Crippen LogP contribution in [0.4, 0.5) is 9.18 Å². The lowest BCUT2D eigenvalue weighted by atomic mass is 10.2. The molecule has 0 bridgehead atoms. The molecule has 1 fully saturated rings. The lowest BCUT2D eigenvalue weighted by Crippen LogP contribution is -2.37. The van der Waals surface area contributed by atoms with E-state index in [-0.39, 0.29) is 29.5 Å². The highest BCUT2D eigenvalue weighted by Crippen LogP contribution is 2.32. The van der Waals surface area contributed by atoms with E-state index >= 15 is 0 Å². The molecule has 1 saturated heterocycles. The van der Waals surface area contributed by atoms with E-state index in [1.54, 1.807) is 48.8 Å². The van der Waals surface area contributed by atoms with E-state index < -0.39 is 17.0 Å². The molecule has 1 aliphatic heterocycles. The molecule has 9 heteroatoms. The molecule has 3 amide bonds. The van der Waals surface area contributed by atoms with Crippen LogP contribution >= 0.6 is 11.8 Å². The first-order chi connectivity index (χ1) is 16.5. The number of nitrogens with one attached hydrogen (secondary N) is 1. The second-order valence-electron chi connectivity index (χ2n) is 7.29. The molecule has 1 N–H and O–H groups in total. The van der Waals surface area contributed by atoms with Crippen LogP contribution in [0.15, 0.2) is 78.0 Å². The van der Waals surface area contributed by atoms with E-state index in [2.05, 4.69) is 10.3 Å². The molecule has 1 aromatic heterocycles. The maximum atomic E-state index is 13.8. The fourth-order valence-electron chi connectivity index (χ4n) is 3.16. The van der Waals surface area contributed by atoms with Gasteiger partial charge >= 0.3 is 0 Å². The first-order valence-electron chi connectivity index (χ1n) is 10.4. The molecular weight excluding hydrogens is 457 g/mol. The highest BCUT2D eigenvalue weighted by Gasteiger charge is 2.34. The maximum Gasteiger partial charge on any atom is 0.293 e. The van der Waals surface area contributed by atoms with Crippen LogP contribution in [0, 0.1) is 5.82 Å². The quantitative estimate of drug-likeness (QED) is 0.488. The third-order valence-electron chi connectivity index (χ3n) is 4.93. The number of benzene rings is 2. The molecule has 0 saturated carbocycles. The number of thioether (sulfide) groups is 1. The van der Waals surface area contributed by atoms with Crippen molar-refractivity contribution in [1.29, 1.82) is 0 Å². The van der Waals surface area contributed by atoms with Crippen molar-refractivity contribution >= 4 is 34.9 Å². The van der Waals surface area contributed by atoms with Crippen LogP contribution < -0.4 is 10.1 Å². The minimum Gasteiger partial charge on any atom is -0.489 e. The van der Waals surface area contributed by atoms with Gasteiger partial charge < -0.3 is 10.1 Å². The number of carbonyl (C=O) groups is 3. The molecule has 172 valence electrons. The number of aromatic nitrogens is 1. The third kappa shape index (κ3) is 5.68. The van der Waals surface area contributed by atoms with Crippen molar-refractivity contribution < 1.29 is 23.5 Å². The van der Waals surface area contributed by atoms with Gasteiger partial charge in [-0.25, -0.2) is 4.39 Å². The Kier molecular flexibility index (Phi) is 7.34. The van der Waals surface area contributed by atoms with Crippen molar-refractivity contribution in [2.75, 3.05) is 13.1 Å². The Bertz CT molecular complexity index is 1230. The summed E-state index contributed by atoms with van der Waals surface area (Å²) < 4.78 is 19.5. The molecule has 0 spiro atoms. The van der Waals surface area contributed by atoms with Crippen molar-refractivity contribution in [2.45, 2.75) is 6.61 Å². The van der Waals surface area contributed by atoms with E-state index in [4.69, 9.17) is 4.74 Å². The van der Waals surface area contributed by atoms with Gasteiger partial charge in [-0.2, -0.15) is 0 Å². The number of amides is 3. The molecular formula is C25H20FN3O4S. The van der Waals surface area contributed by atoms with Gasteiger partial charge in [0.15, 0.2) is 0 Å². The van der Waals surface area contributed by atoms with Gasteiger partial charge in [-0.1, -0.05) is 24.3 Å². The van der Waals surface area contributed by atoms with Gasteiger partial charge in [0, 0.05) is 42.2 Å². The number of ether oxygens (including phenoxy) is 1. The Morgan fingerprint density at radius 1 is 1.09 bits per heavy atom. The summed E-state index contributed by atoms with van der Waals surface area (Å²) >= 11 is 0.746. The molecule has 4 rings (SSSR count). The molecule has 0 atom stereocenters. The normalized spacial score (nSPS) is 14.5. The van der Waals surface area contributed by atoms with E-state index in [9.17, 15) is 18.8 Å². The number of imide groups is 1. The zero-order valence-electron chi connectivity index (χ0n) is 17.9. The minimum absolute atomic E-state index is 0.0112. The monoisotopic (exact) mass is 477 g/mol. The Hall–Kier alpha value is -3.98. The Balaban J connectivity index is 1.27. The van der Waals surface area contributed by atoms with Gasteiger partial charge in [0.05, 0.1) is 4.91 Å². The average Bonchev–Trinajstić information content (AvgIpc) is 3.12. The standard InChI is InChI=1S/C25H20FN3O4S/c26-21-6-2-1-5-19(21)14-22-24(31)29(25(32)34-22)13-12-28-23(30)18-7-9-20(10-8-18)33-16-17-4-3-11-27-15-17/h1-11,14-15H,12-13,16H2,(H,28,30)/b22-14-. The zero-order chi connectivity index (χ0) is 23.9. The van der Waals surface area contributed by atoms with Crippen molar-refractivity contribution in [1.82, 2.24) is 15.2 Å². The molecule has 0 radical (unpaired) electrons. The molecule has 34 heavy (non-hydrogen) atoms. The first kappa shape index (κ1) is 23.2. The highest BCUT2D eigenvalue weighted by molar-refractivity contribution is 8.18. The molecule has 2 heterocycles. The summed E-state index contributed by atoms with van der Waals surface area (Å²) in [5.74, 6) is -0.717. The van der Waals surface area contributed by atoms with Crippen LogP contribution in [0.1, 0.15) is 21.5 Å². The van der Waals surface area contributed by atoms with Gasteiger partial charge in [0.25, 0.3) is 17.1 Å². The Morgan fingerprint density at radius 2 is 1.88 bits per heavy atom. The maximum absolute atomic E-state index is 13.8. The van der Waals surface area contributed by atoms with Crippen LogP contribution in [0.2, 0.25) is 0 Å². The summed E-state index contributed by atoms with van der Waals surface area (Å²) in [6.45, 7) is 0.461. The van der Waals surface area contributed by atoms with Crippen LogP contribution in [-0.2, 0) is 11.4 Å². The topological polar surface area (TPSA) is 88.6 Å². The van der Waals surface area contributed by atoms with Crippen LogP contribution in [0.5, 0.6) is 5.75 Å². The smallest absolute Gasteiger partial charge is 0.293 e. The lowest BCUT2D eigenvalue weighted by molar-refractivity contribution is -0.122. The largest absolute Gasteiger partial charge is 0.489 e.